The van der Waals surface area contributed by atoms with Crippen molar-refractivity contribution in [1.82, 2.24) is 9.88 Å². The van der Waals surface area contributed by atoms with E-state index in [0.29, 0.717) is 12.2 Å². The van der Waals surface area contributed by atoms with Crippen LogP contribution in [0.1, 0.15) is 43.2 Å². The molecule has 4 nitrogen and oxygen atoms in total. The summed E-state index contributed by atoms with van der Waals surface area (Å²) in [5, 5.41) is 3.26. The highest BCUT2D eigenvalue weighted by molar-refractivity contribution is 5.92. The van der Waals surface area contributed by atoms with E-state index >= 15 is 0 Å². The van der Waals surface area contributed by atoms with Gasteiger partial charge in [0.1, 0.15) is 5.69 Å². The lowest BCUT2D eigenvalue weighted by molar-refractivity contribution is 0.0684. The monoisotopic (exact) mass is 311 g/mol. The van der Waals surface area contributed by atoms with E-state index in [1.807, 2.05) is 55.1 Å². The van der Waals surface area contributed by atoms with E-state index in [4.69, 9.17) is 0 Å². The third-order valence-corrected chi connectivity index (χ3v) is 3.64. The summed E-state index contributed by atoms with van der Waals surface area (Å²) in [7, 11) is 0. The van der Waals surface area contributed by atoms with Gasteiger partial charge in [0.25, 0.3) is 5.91 Å². The highest BCUT2D eigenvalue weighted by atomic mass is 16.2. The van der Waals surface area contributed by atoms with Crippen LogP contribution in [0.3, 0.4) is 0 Å². The van der Waals surface area contributed by atoms with Gasteiger partial charge in [-0.05, 0) is 38.0 Å². The van der Waals surface area contributed by atoms with Crippen molar-refractivity contribution in [2.24, 2.45) is 0 Å². The number of carbonyl (C=O) groups excluding carboxylic acids is 1. The average Bonchev–Trinajstić information content (AvgIpc) is 2.58. The molecular weight excluding hydrogens is 286 g/mol. The third-order valence-electron chi connectivity index (χ3n) is 3.64. The molecule has 0 aliphatic carbocycles. The largest absolute Gasteiger partial charge is 0.384 e. The van der Waals surface area contributed by atoms with Gasteiger partial charge in [0.15, 0.2) is 0 Å². The van der Waals surface area contributed by atoms with E-state index in [0.717, 1.165) is 24.2 Å². The number of anilines is 1. The molecule has 2 rings (SSSR count). The van der Waals surface area contributed by atoms with Crippen molar-refractivity contribution in [3.63, 3.8) is 0 Å². The van der Waals surface area contributed by atoms with Crippen LogP contribution in [0.4, 0.5) is 5.69 Å². The minimum absolute atomic E-state index is 0.0362. The molecule has 23 heavy (non-hydrogen) atoms. The first-order valence-corrected chi connectivity index (χ1v) is 8.16. The molecule has 4 heteroatoms. The Balaban J connectivity index is 2.11. The normalized spacial score (nSPS) is 10.6. The number of rotatable bonds is 7. The molecular formula is C19H25N3O. The maximum absolute atomic E-state index is 12.8. The van der Waals surface area contributed by atoms with Crippen molar-refractivity contribution in [3.05, 3.63) is 59.9 Å². The third kappa shape index (κ3) is 4.81. The Morgan fingerprint density at radius 2 is 1.91 bits per heavy atom. The molecule has 0 radical (unpaired) electrons. The fourth-order valence-corrected chi connectivity index (χ4v) is 2.31. The van der Waals surface area contributed by atoms with E-state index in [2.05, 4.69) is 17.2 Å². The molecule has 0 fully saturated rings. The summed E-state index contributed by atoms with van der Waals surface area (Å²) in [6.45, 7) is 7.66. The summed E-state index contributed by atoms with van der Waals surface area (Å²) < 4.78 is 0. The summed E-state index contributed by atoms with van der Waals surface area (Å²) in [6.07, 6.45) is 2.78. The van der Waals surface area contributed by atoms with Crippen LogP contribution < -0.4 is 5.32 Å². The zero-order valence-corrected chi connectivity index (χ0v) is 14.1. The Hall–Kier alpha value is -2.36. The maximum atomic E-state index is 12.8. The summed E-state index contributed by atoms with van der Waals surface area (Å²) in [5.74, 6) is -0.0362. The van der Waals surface area contributed by atoms with E-state index in [-0.39, 0.29) is 11.9 Å². The predicted molar refractivity (Wildman–Crippen MR) is 94.5 cm³/mol. The van der Waals surface area contributed by atoms with Gasteiger partial charge in [-0.15, -0.1) is 0 Å². The highest BCUT2D eigenvalue weighted by Crippen LogP contribution is 2.14. The molecule has 0 saturated heterocycles. The van der Waals surface area contributed by atoms with Crippen LogP contribution in [0.15, 0.2) is 48.7 Å². The average molecular weight is 311 g/mol. The first kappa shape index (κ1) is 17.0. The van der Waals surface area contributed by atoms with Crippen LogP contribution in [-0.4, -0.2) is 28.4 Å². The number of hydrogen-bond acceptors (Lipinski definition) is 3. The van der Waals surface area contributed by atoms with Gasteiger partial charge in [0, 0.05) is 19.1 Å². The Bertz CT molecular complexity index is 608. The van der Waals surface area contributed by atoms with Crippen molar-refractivity contribution in [1.29, 1.82) is 0 Å². The minimum Gasteiger partial charge on any atom is -0.384 e. The van der Waals surface area contributed by atoms with Crippen LogP contribution in [0.5, 0.6) is 0 Å². The predicted octanol–water partition coefficient (Wildman–Crippen LogP) is 3.95. The molecule has 1 heterocycles. The molecule has 2 aromatic rings. The molecule has 1 amide bonds. The van der Waals surface area contributed by atoms with Gasteiger partial charge in [0.2, 0.25) is 0 Å². The zero-order chi connectivity index (χ0) is 16.7. The van der Waals surface area contributed by atoms with E-state index in [9.17, 15) is 4.79 Å². The molecule has 0 bridgehead atoms. The number of hydrogen-bond donors (Lipinski definition) is 1. The van der Waals surface area contributed by atoms with Gasteiger partial charge < -0.3 is 10.2 Å². The van der Waals surface area contributed by atoms with Crippen molar-refractivity contribution >= 4 is 11.6 Å². The number of carbonyl (C=O) groups is 1. The Morgan fingerprint density at radius 1 is 1.17 bits per heavy atom. The Kier molecular flexibility index (Phi) is 6.15. The number of nitrogens with one attached hydrogen (secondary N) is 1. The lowest BCUT2D eigenvalue weighted by Crippen LogP contribution is -2.36. The van der Waals surface area contributed by atoms with Gasteiger partial charge in [-0.1, -0.05) is 37.3 Å². The van der Waals surface area contributed by atoms with Crippen molar-refractivity contribution in [2.75, 3.05) is 11.9 Å². The van der Waals surface area contributed by atoms with Crippen molar-refractivity contribution in [3.8, 4) is 0 Å². The highest BCUT2D eigenvalue weighted by Gasteiger charge is 2.20. The van der Waals surface area contributed by atoms with Gasteiger partial charge >= 0.3 is 0 Å². The lowest BCUT2D eigenvalue weighted by atomic mass is 10.1. The second-order valence-corrected chi connectivity index (χ2v) is 5.87. The first-order valence-electron chi connectivity index (χ1n) is 8.16. The van der Waals surface area contributed by atoms with Gasteiger partial charge in [-0.2, -0.15) is 0 Å². The summed E-state index contributed by atoms with van der Waals surface area (Å²) >= 11 is 0. The molecule has 0 atom stereocenters. The fraction of sp³-hybridized carbons (Fsp3) is 0.368. The molecule has 0 aliphatic rings. The standard InChI is InChI=1S/C19H25N3O/c1-4-12-20-17-10-11-18(21-13-17)19(23)22(15(2)3)14-16-8-6-5-7-9-16/h5-11,13,15,20H,4,12,14H2,1-3H3. The minimum atomic E-state index is -0.0362. The van der Waals surface area contributed by atoms with Gasteiger partial charge in [-0.3, -0.25) is 4.79 Å². The Morgan fingerprint density at radius 3 is 2.48 bits per heavy atom. The van der Waals surface area contributed by atoms with E-state index in [1.165, 1.54) is 0 Å². The number of aromatic nitrogens is 1. The van der Waals surface area contributed by atoms with Gasteiger partial charge in [0.05, 0.1) is 11.9 Å². The molecule has 1 aromatic carbocycles. The van der Waals surface area contributed by atoms with Crippen LogP contribution in [0.25, 0.3) is 0 Å². The van der Waals surface area contributed by atoms with Gasteiger partial charge in [-0.25, -0.2) is 4.98 Å². The summed E-state index contributed by atoms with van der Waals surface area (Å²) in [5.41, 5.74) is 2.55. The summed E-state index contributed by atoms with van der Waals surface area (Å²) in [4.78, 5) is 18.9. The molecule has 122 valence electrons. The molecule has 0 unspecified atom stereocenters. The maximum Gasteiger partial charge on any atom is 0.272 e. The van der Waals surface area contributed by atoms with Crippen LogP contribution in [-0.2, 0) is 6.54 Å². The zero-order valence-electron chi connectivity index (χ0n) is 14.1. The van der Waals surface area contributed by atoms with Crippen molar-refractivity contribution < 1.29 is 4.79 Å². The first-order chi connectivity index (χ1) is 11.1. The molecule has 0 saturated carbocycles. The van der Waals surface area contributed by atoms with Crippen LogP contribution >= 0.6 is 0 Å². The smallest absolute Gasteiger partial charge is 0.272 e. The van der Waals surface area contributed by atoms with Crippen LogP contribution in [0, 0.1) is 0 Å². The van der Waals surface area contributed by atoms with E-state index in [1.54, 1.807) is 12.3 Å². The topological polar surface area (TPSA) is 45.2 Å². The second kappa shape index (κ2) is 8.32. The van der Waals surface area contributed by atoms with Crippen molar-refractivity contribution in [2.45, 2.75) is 39.8 Å². The Labute approximate surface area is 138 Å². The molecule has 0 aliphatic heterocycles. The SMILES string of the molecule is CCCNc1ccc(C(=O)N(Cc2ccccc2)C(C)C)nc1. The fourth-order valence-electron chi connectivity index (χ4n) is 2.31. The summed E-state index contributed by atoms with van der Waals surface area (Å²) in [6, 6.07) is 13.9. The van der Waals surface area contributed by atoms with E-state index < -0.39 is 0 Å². The molecule has 1 N–H and O–H groups in total. The lowest BCUT2D eigenvalue weighted by Gasteiger charge is -2.26. The van der Waals surface area contributed by atoms with Crippen LogP contribution in [0.2, 0.25) is 0 Å². The number of nitrogens with zero attached hydrogens (tertiary/aromatic N) is 2. The second-order valence-electron chi connectivity index (χ2n) is 5.87. The number of benzene rings is 1. The molecule has 0 spiro atoms. The molecule has 1 aromatic heterocycles. The quantitative estimate of drug-likeness (QED) is 0.842. The number of amides is 1. The number of pyridine rings is 1.